The molecule has 6 heteroatoms. The molecule has 188 valence electrons. The maximum Gasteiger partial charge on any atom is 0.126 e. The van der Waals surface area contributed by atoms with Gasteiger partial charge in [-0.25, -0.2) is 0 Å². The summed E-state index contributed by atoms with van der Waals surface area (Å²) in [5, 5.41) is 65.6. The highest BCUT2D eigenvalue weighted by atomic mass is 16.4. The SMILES string of the molecule is C=CC(O)(Cc1c(C)ccc(C)c1C)[C@@H](O)[C@@](O)(Cc1c(C)ccc(C)c1C)[C@H](O)[C@@H](O)CO. The van der Waals surface area contributed by atoms with Crippen LogP contribution in [0.2, 0.25) is 0 Å². The first-order valence-corrected chi connectivity index (χ1v) is 11.6. The minimum Gasteiger partial charge on any atom is -0.394 e. The fraction of sp³-hybridized carbons (Fsp3) is 0.500. The van der Waals surface area contributed by atoms with Crippen LogP contribution in [0.15, 0.2) is 36.9 Å². The molecule has 0 heterocycles. The fourth-order valence-electron chi connectivity index (χ4n) is 4.64. The van der Waals surface area contributed by atoms with E-state index in [1.54, 1.807) is 0 Å². The van der Waals surface area contributed by atoms with Gasteiger partial charge in [-0.05, 0) is 86.1 Å². The summed E-state index contributed by atoms with van der Waals surface area (Å²) in [6.07, 6.45) is -4.77. The van der Waals surface area contributed by atoms with Crippen molar-refractivity contribution in [3.63, 3.8) is 0 Å². The average Bonchev–Trinajstić information content (AvgIpc) is 2.82. The molecule has 0 bridgehead atoms. The molecule has 5 atom stereocenters. The van der Waals surface area contributed by atoms with Crippen molar-refractivity contribution in [1.82, 2.24) is 0 Å². The van der Waals surface area contributed by atoms with Gasteiger partial charge in [-0.2, -0.15) is 0 Å². The number of hydrogen-bond acceptors (Lipinski definition) is 6. The van der Waals surface area contributed by atoms with Gasteiger partial charge in [-0.3, -0.25) is 0 Å². The normalized spacial score (nSPS) is 18.0. The maximum atomic E-state index is 11.8. The van der Waals surface area contributed by atoms with Crippen LogP contribution in [0.3, 0.4) is 0 Å². The second-order valence-electron chi connectivity index (χ2n) is 9.74. The number of aliphatic hydroxyl groups is 6. The summed E-state index contributed by atoms with van der Waals surface area (Å²) < 4.78 is 0. The van der Waals surface area contributed by atoms with Crippen LogP contribution in [0.25, 0.3) is 0 Å². The average molecular weight is 473 g/mol. The predicted molar refractivity (Wildman–Crippen MR) is 134 cm³/mol. The molecule has 2 aromatic carbocycles. The fourth-order valence-corrected chi connectivity index (χ4v) is 4.64. The van der Waals surface area contributed by atoms with Crippen LogP contribution in [0.1, 0.15) is 44.5 Å². The second kappa shape index (κ2) is 10.7. The molecule has 0 radical (unpaired) electrons. The van der Waals surface area contributed by atoms with Gasteiger partial charge >= 0.3 is 0 Å². The molecular weight excluding hydrogens is 432 g/mol. The van der Waals surface area contributed by atoms with E-state index < -0.39 is 36.1 Å². The van der Waals surface area contributed by atoms with Gasteiger partial charge in [0.05, 0.1) is 6.61 Å². The summed E-state index contributed by atoms with van der Waals surface area (Å²) in [5.41, 5.74) is 2.54. The van der Waals surface area contributed by atoms with Crippen molar-refractivity contribution in [2.75, 3.05) is 6.61 Å². The van der Waals surface area contributed by atoms with Gasteiger partial charge in [0.15, 0.2) is 0 Å². The molecule has 0 aliphatic carbocycles. The van der Waals surface area contributed by atoms with Crippen LogP contribution in [0, 0.1) is 41.5 Å². The highest BCUT2D eigenvalue weighted by Gasteiger charge is 2.53. The molecule has 0 fully saturated rings. The number of benzene rings is 2. The van der Waals surface area contributed by atoms with Gasteiger partial charge in [-0.15, -0.1) is 6.58 Å². The Morgan fingerprint density at radius 1 is 0.765 bits per heavy atom. The first kappa shape index (κ1) is 28.2. The number of rotatable bonds is 10. The van der Waals surface area contributed by atoms with Gasteiger partial charge in [-0.1, -0.05) is 30.3 Å². The lowest BCUT2D eigenvalue weighted by atomic mass is 9.71. The van der Waals surface area contributed by atoms with E-state index in [0.29, 0.717) is 5.56 Å². The van der Waals surface area contributed by atoms with E-state index in [0.717, 1.165) is 45.0 Å². The van der Waals surface area contributed by atoms with Gasteiger partial charge in [0, 0.05) is 12.8 Å². The Hall–Kier alpha value is -2.06. The Morgan fingerprint density at radius 2 is 1.18 bits per heavy atom. The molecular formula is C28H40O6. The van der Waals surface area contributed by atoms with Crippen LogP contribution >= 0.6 is 0 Å². The summed E-state index contributed by atoms with van der Waals surface area (Å²) in [6.45, 7) is 14.3. The summed E-state index contributed by atoms with van der Waals surface area (Å²) >= 11 is 0. The van der Waals surface area contributed by atoms with E-state index in [-0.39, 0.29) is 12.8 Å². The Morgan fingerprint density at radius 3 is 1.59 bits per heavy atom. The molecule has 2 rings (SSSR count). The van der Waals surface area contributed by atoms with Gasteiger partial charge in [0.25, 0.3) is 0 Å². The molecule has 1 unspecified atom stereocenters. The standard InChI is InChI=1S/C28H40O6/c1-8-27(33,13-22-18(4)11-9-16(2)20(22)6)26(32)28(34,25(31)24(30)15-29)14-23-19(5)12-10-17(3)21(23)7/h8-12,24-26,29-34H,1,13-15H2,2-7H3/t24-,25+,26+,27?,28+/m0/s1. The summed E-state index contributed by atoms with van der Waals surface area (Å²) in [6, 6.07) is 7.70. The van der Waals surface area contributed by atoms with Gasteiger partial charge in [0.2, 0.25) is 0 Å². The quantitative estimate of drug-likeness (QED) is 0.294. The first-order chi connectivity index (χ1) is 15.7. The van der Waals surface area contributed by atoms with Crippen molar-refractivity contribution in [1.29, 1.82) is 0 Å². The van der Waals surface area contributed by atoms with Crippen molar-refractivity contribution in [3.05, 3.63) is 81.4 Å². The molecule has 0 saturated carbocycles. The zero-order valence-corrected chi connectivity index (χ0v) is 21.1. The molecule has 0 spiro atoms. The predicted octanol–water partition coefficient (Wildman–Crippen LogP) is 2.05. The van der Waals surface area contributed by atoms with E-state index in [1.807, 2.05) is 65.8 Å². The molecule has 0 aromatic heterocycles. The van der Waals surface area contributed by atoms with Crippen LogP contribution in [0.5, 0.6) is 0 Å². The maximum absolute atomic E-state index is 11.8. The van der Waals surface area contributed by atoms with E-state index in [1.165, 1.54) is 0 Å². The number of hydrogen-bond donors (Lipinski definition) is 6. The van der Waals surface area contributed by atoms with Crippen molar-refractivity contribution in [2.45, 2.75) is 83.9 Å². The van der Waals surface area contributed by atoms with Gasteiger partial charge in [0.1, 0.15) is 29.5 Å². The highest BCUT2D eigenvalue weighted by Crippen LogP contribution is 2.36. The third-order valence-electron chi connectivity index (χ3n) is 7.49. The minimum absolute atomic E-state index is 0.0625. The Bertz CT molecular complexity index is 1030. The lowest BCUT2D eigenvalue weighted by Gasteiger charge is -2.45. The highest BCUT2D eigenvalue weighted by molar-refractivity contribution is 5.42. The van der Waals surface area contributed by atoms with Crippen molar-refractivity contribution in [2.24, 2.45) is 0 Å². The van der Waals surface area contributed by atoms with Crippen LogP contribution in [-0.2, 0) is 12.8 Å². The number of aliphatic hydroxyl groups excluding tert-OH is 4. The number of aryl methyl sites for hydroxylation is 4. The lowest BCUT2D eigenvalue weighted by molar-refractivity contribution is -0.218. The van der Waals surface area contributed by atoms with Crippen LogP contribution < -0.4 is 0 Å². The monoisotopic (exact) mass is 472 g/mol. The lowest BCUT2D eigenvalue weighted by Crippen LogP contribution is -2.66. The second-order valence-corrected chi connectivity index (χ2v) is 9.74. The molecule has 0 amide bonds. The third-order valence-corrected chi connectivity index (χ3v) is 7.49. The molecule has 0 aliphatic heterocycles. The topological polar surface area (TPSA) is 121 Å². The molecule has 6 N–H and O–H groups in total. The van der Waals surface area contributed by atoms with Crippen molar-refractivity contribution < 1.29 is 30.6 Å². The summed E-state index contributed by atoms with van der Waals surface area (Å²) in [4.78, 5) is 0. The zero-order chi connectivity index (χ0) is 26.0. The van der Waals surface area contributed by atoms with E-state index in [4.69, 9.17) is 0 Å². The van der Waals surface area contributed by atoms with E-state index >= 15 is 0 Å². The van der Waals surface area contributed by atoms with Crippen molar-refractivity contribution in [3.8, 4) is 0 Å². The summed E-state index contributed by atoms with van der Waals surface area (Å²) in [5.74, 6) is 0. The Labute approximate surface area is 202 Å². The van der Waals surface area contributed by atoms with Crippen LogP contribution in [0.4, 0.5) is 0 Å². The largest absolute Gasteiger partial charge is 0.394 e. The molecule has 34 heavy (non-hydrogen) atoms. The van der Waals surface area contributed by atoms with Gasteiger partial charge < -0.3 is 30.6 Å². The third kappa shape index (κ3) is 5.28. The molecule has 0 aliphatic rings. The molecule has 2 aromatic rings. The van der Waals surface area contributed by atoms with E-state index in [2.05, 4.69) is 6.58 Å². The summed E-state index contributed by atoms with van der Waals surface area (Å²) in [7, 11) is 0. The minimum atomic E-state index is -2.40. The van der Waals surface area contributed by atoms with E-state index in [9.17, 15) is 30.6 Å². The smallest absolute Gasteiger partial charge is 0.126 e. The molecule has 6 nitrogen and oxygen atoms in total. The molecule has 0 saturated heterocycles. The Balaban J connectivity index is 2.64. The first-order valence-electron chi connectivity index (χ1n) is 11.6. The Kier molecular flexibility index (Phi) is 8.86. The zero-order valence-electron chi connectivity index (χ0n) is 21.1. The van der Waals surface area contributed by atoms with Crippen molar-refractivity contribution >= 4 is 0 Å². The van der Waals surface area contributed by atoms with Crippen LogP contribution in [-0.4, -0.2) is 66.8 Å².